The second kappa shape index (κ2) is 6.10. The standard InChI is InChI=1S/C11H21B/c1-5-8-10(6-2)9(4)11(12)7-3/h6,11H,2,5,7-8,12H2,1,3-4H3/b10-9-. The van der Waals surface area contributed by atoms with Gasteiger partial charge in [-0.1, -0.05) is 50.5 Å². The summed E-state index contributed by atoms with van der Waals surface area (Å²) in [6, 6.07) is 0. The first-order valence-electron chi connectivity index (χ1n) is 4.99. The molecule has 0 aliphatic rings. The van der Waals surface area contributed by atoms with Crippen LogP contribution in [-0.2, 0) is 0 Å². The van der Waals surface area contributed by atoms with E-state index in [2.05, 4.69) is 35.2 Å². The molecule has 0 N–H and O–H groups in total. The van der Waals surface area contributed by atoms with Crippen LogP contribution in [0.4, 0.5) is 0 Å². The van der Waals surface area contributed by atoms with Crippen LogP contribution in [0.2, 0.25) is 5.82 Å². The van der Waals surface area contributed by atoms with E-state index in [1.807, 2.05) is 6.08 Å². The molecular formula is C11H21B. The molecular weight excluding hydrogens is 143 g/mol. The predicted octanol–water partition coefficient (Wildman–Crippen LogP) is 3.12. The normalized spacial score (nSPS) is 15.2. The van der Waals surface area contributed by atoms with E-state index < -0.39 is 0 Å². The van der Waals surface area contributed by atoms with Crippen molar-refractivity contribution >= 4 is 7.85 Å². The topological polar surface area (TPSA) is 0 Å². The maximum absolute atomic E-state index is 3.86. The smallest absolute Gasteiger partial charge is 0.0988 e. The first kappa shape index (κ1) is 11.5. The van der Waals surface area contributed by atoms with Gasteiger partial charge in [0.05, 0.1) is 0 Å². The summed E-state index contributed by atoms with van der Waals surface area (Å²) in [5.74, 6) is 0.713. The lowest BCUT2D eigenvalue weighted by Gasteiger charge is -2.13. The van der Waals surface area contributed by atoms with Crippen molar-refractivity contribution in [2.75, 3.05) is 0 Å². The summed E-state index contributed by atoms with van der Waals surface area (Å²) in [5.41, 5.74) is 2.97. The molecule has 0 aliphatic carbocycles. The average molecular weight is 164 g/mol. The van der Waals surface area contributed by atoms with Gasteiger partial charge in [-0.25, -0.2) is 0 Å². The third-order valence-corrected chi connectivity index (χ3v) is 2.62. The van der Waals surface area contributed by atoms with Gasteiger partial charge in [0.1, 0.15) is 7.85 Å². The molecule has 0 fully saturated rings. The fraction of sp³-hybridized carbons (Fsp3) is 0.636. The van der Waals surface area contributed by atoms with Gasteiger partial charge in [-0.2, -0.15) is 0 Å². The molecule has 0 saturated carbocycles. The zero-order chi connectivity index (χ0) is 9.56. The van der Waals surface area contributed by atoms with Gasteiger partial charge in [-0.3, -0.25) is 0 Å². The summed E-state index contributed by atoms with van der Waals surface area (Å²) >= 11 is 0. The first-order valence-corrected chi connectivity index (χ1v) is 4.99. The molecule has 0 aromatic carbocycles. The van der Waals surface area contributed by atoms with Crippen molar-refractivity contribution in [2.24, 2.45) is 0 Å². The van der Waals surface area contributed by atoms with E-state index in [0.29, 0.717) is 5.82 Å². The Labute approximate surface area is 78.2 Å². The quantitative estimate of drug-likeness (QED) is 0.432. The number of hydrogen-bond donors (Lipinski definition) is 0. The molecule has 0 aromatic heterocycles. The molecule has 0 aromatic rings. The highest BCUT2D eigenvalue weighted by molar-refractivity contribution is 6.13. The summed E-state index contributed by atoms with van der Waals surface area (Å²) in [7, 11) is 2.29. The molecule has 0 heterocycles. The van der Waals surface area contributed by atoms with Gasteiger partial charge in [-0.05, 0) is 19.2 Å². The molecule has 0 spiro atoms. The van der Waals surface area contributed by atoms with Crippen LogP contribution in [0.15, 0.2) is 23.8 Å². The number of allylic oxidation sites excluding steroid dienone is 3. The van der Waals surface area contributed by atoms with E-state index in [9.17, 15) is 0 Å². The fourth-order valence-electron chi connectivity index (χ4n) is 1.35. The van der Waals surface area contributed by atoms with Gasteiger partial charge in [-0.15, -0.1) is 0 Å². The van der Waals surface area contributed by atoms with Gasteiger partial charge in [0.25, 0.3) is 0 Å². The van der Waals surface area contributed by atoms with Crippen LogP contribution in [0, 0.1) is 0 Å². The summed E-state index contributed by atoms with van der Waals surface area (Å²) in [6.45, 7) is 10.5. The Kier molecular flexibility index (Phi) is 5.87. The van der Waals surface area contributed by atoms with Gasteiger partial charge < -0.3 is 0 Å². The maximum Gasteiger partial charge on any atom is 0.110 e. The van der Waals surface area contributed by atoms with Crippen molar-refractivity contribution < 1.29 is 0 Å². The summed E-state index contributed by atoms with van der Waals surface area (Å²) in [4.78, 5) is 0. The molecule has 0 rings (SSSR count). The third-order valence-electron chi connectivity index (χ3n) is 2.62. The van der Waals surface area contributed by atoms with Crippen molar-refractivity contribution in [1.29, 1.82) is 0 Å². The molecule has 0 saturated heterocycles. The highest BCUT2D eigenvalue weighted by Gasteiger charge is 2.04. The lowest BCUT2D eigenvalue weighted by Crippen LogP contribution is -1.96. The van der Waals surface area contributed by atoms with Crippen molar-refractivity contribution in [3.63, 3.8) is 0 Å². The van der Waals surface area contributed by atoms with Crippen molar-refractivity contribution in [3.05, 3.63) is 23.8 Å². The van der Waals surface area contributed by atoms with E-state index in [1.54, 1.807) is 0 Å². The minimum atomic E-state index is 0.713. The van der Waals surface area contributed by atoms with Crippen LogP contribution >= 0.6 is 0 Å². The van der Waals surface area contributed by atoms with Gasteiger partial charge in [0.15, 0.2) is 0 Å². The summed E-state index contributed by atoms with van der Waals surface area (Å²) in [5, 5.41) is 0. The number of hydrogen-bond acceptors (Lipinski definition) is 0. The molecule has 1 unspecified atom stereocenters. The molecule has 0 nitrogen and oxygen atoms in total. The Morgan fingerprint density at radius 2 is 2.08 bits per heavy atom. The highest BCUT2D eigenvalue weighted by Crippen LogP contribution is 2.23. The van der Waals surface area contributed by atoms with Gasteiger partial charge >= 0.3 is 0 Å². The lowest BCUT2D eigenvalue weighted by molar-refractivity contribution is 0.850. The minimum absolute atomic E-state index is 0.713. The summed E-state index contributed by atoms with van der Waals surface area (Å²) < 4.78 is 0. The molecule has 0 bridgehead atoms. The third kappa shape index (κ3) is 3.29. The molecule has 1 heteroatoms. The van der Waals surface area contributed by atoms with E-state index in [0.717, 1.165) is 0 Å². The largest absolute Gasteiger partial charge is 0.110 e. The minimum Gasteiger partial charge on any atom is -0.0988 e. The summed E-state index contributed by atoms with van der Waals surface area (Å²) in [6.07, 6.45) is 5.65. The molecule has 0 aliphatic heterocycles. The predicted molar refractivity (Wildman–Crippen MR) is 60.4 cm³/mol. The Morgan fingerprint density at radius 3 is 2.42 bits per heavy atom. The zero-order valence-electron chi connectivity index (χ0n) is 8.98. The second-order valence-electron chi connectivity index (χ2n) is 3.47. The highest BCUT2D eigenvalue weighted by atomic mass is 14.1. The maximum atomic E-state index is 3.86. The van der Waals surface area contributed by atoms with Gasteiger partial charge in [0.2, 0.25) is 0 Å². The Morgan fingerprint density at radius 1 is 1.50 bits per heavy atom. The van der Waals surface area contributed by atoms with Crippen molar-refractivity contribution in [1.82, 2.24) is 0 Å². The van der Waals surface area contributed by atoms with E-state index in [1.165, 1.54) is 30.4 Å². The average Bonchev–Trinajstić information content (AvgIpc) is 2.11. The van der Waals surface area contributed by atoms with Crippen LogP contribution in [0.5, 0.6) is 0 Å². The number of rotatable bonds is 5. The molecule has 1 atom stereocenters. The first-order chi connectivity index (χ1) is 5.67. The van der Waals surface area contributed by atoms with E-state index in [4.69, 9.17) is 0 Å². The monoisotopic (exact) mass is 164 g/mol. The van der Waals surface area contributed by atoms with Crippen LogP contribution < -0.4 is 0 Å². The Hall–Kier alpha value is -0.455. The molecule has 0 amide bonds. The van der Waals surface area contributed by atoms with Crippen LogP contribution in [0.25, 0.3) is 0 Å². The fourth-order valence-corrected chi connectivity index (χ4v) is 1.35. The van der Waals surface area contributed by atoms with Crippen LogP contribution in [0.3, 0.4) is 0 Å². The van der Waals surface area contributed by atoms with Gasteiger partial charge in [0, 0.05) is 0 Å². The van der Waals surface area contributed by atoms with Crippen LogP contribution in [0.1, 0.15) is 40.0 Å². The molecule has 68 valence electrons. The SMILES string of the molecule is BC(CC)/C(C)=C(/C=C)CCC. The lowest BCUT2D eigenvalue weighted by atomic mass is 9.77. The molecule has 0 radical (unpaired) electrons. The second-order valence-corrected chi connectivity index (χ2v) is 3.47. The Balaban J connectivity index is 4.46. The van der Waals surface area contributed by atoms with E-state index in [-0.39, 0.29) is 0 Å². The van der Waals surface area contributed by atoms with Crippen molar-refractivity contribution in [3.8, 4) is 0 Å². The van der Waals surface area contributed by atoms with Crippen LogP contribution in [-0.4, -0.2) is 7.85 Å². The van der Waals surface area contributed by atoms with Crippen molar-refractivity contribution in [2.45, 2.75) is 45.9 Å². The van der Waals surface area contributed by atoms with E-state index >= 15 is 0 Å². The Bertz CT molecular complexity index is 168. The molecule has 12 heavy (non-hydrogen) atoms. The zero-order valence-corrected chi connectivity index (χ0v) is 8.98.